The van der Waals surface area contributed by atoms with E-state index in [-0.39, 0.29) is 28.2 Å². The fourth-order valence-corrected chi connectivity index (χ4v) is 4.48. The Morgan fingerprint density at radius 1 is 0.846 bits per heavy atom. The van der Waals surface area contributed by atoms with Crippen LogP contribution in [-0.2, 0) is 16.8 Å². The minimum absolute atomic E-state index is 0. The third kappa shape index (κ3) is 9.55. The maximum absolute atomic E-state index is 9.65. The van der Waals surface area contributed by atoms with Crippen LogP contribution in [0.3, 0.4) is 0 Å². The Morgan fingerprint density at radius 2 is 1.28 bits per heavy atom. The molecule has 5 rings (SSSR count). The number of hydrogen-bond donors (Lipinski definition) is 4. The van der Waals surface area contributed by atoms with Crippen LogP contribution in [0.4, 0.5) is 0 Å². The summed E-state index contributed by atoms with van der Waals surface area (Å²) in [5, 5.41) is 25.3. The minimum Gasteiger partial charge on any atom is -0.687 e. The zero-order valence-corrected chi connectivity index (χ0v) is 24.7. The van der Waals surface area contributed by atoms with Crippen LogP contribution in [-0.4, -0.2) is 17.0 Å². The number of allylic oxidation sites excluding steroid dienone is 6. The number of halogens is 1. The first-order chi connectivity index (χ1) is 18.3. The minimum atomic E-state index is 0. The van der Waals surface area contributed by atoms with Gasteiger partial charge in [0.05, 0.1) is 11.4 Å². The van der Waals surface area contributed by atoms with Crippen molar-refractivity contribution in [3.05, 3.63) is 127 Å². The number of nitrogens with one attached hydrogen (secondary N) is 2. The van der Waals surface area contributed by atoms with E-state index in [0.29, 0.717) is 23.2 Å². The summed E-state index contributed by atoms with van der Waals surface area (Å²) in [6.07, 6.45) is 7.73. The number of nitrogens with zero attached hydrogens (tertiary/aromatic N) is 3. The number of rotatable bonds is 4. The van der Waals surface area contributed by atoms with E-state index < -0.39 is 0 Å². The molecule has 1 radical (unpaired) electrons. The smallest absolute Gasteiger partial charge is 0.687 e. The van der Waals surface area contributed by atoms with Gasteiger partial charge in [0.25, 0.3) is 0 Å². The van der Waals surface area contributed by atoms with Crippen molar-refractivity contribution in [3.8, 4) is 11.1 Å². The fourth-order valence-electron chi connectivity index (χ4n) is 3.59. The van der Waals surface area contributed by atoms with Gasteiger partial charge in [-0.2, -0.15) is 6.20 Å². The molecule has 2 unspecified atom stereocenters. The quantitative estimate of drug-likeness (QED) is 0.152. The average molecular weight is 641 g/mol. The molecule has 3 aliphatic rings. The summed E-state index contributed by atoms with van der Waals surface area (Å²) in [5.41, 5.74) is 10.7. The Labute approximate surface area is 247 Å². The van der Waals surface area contributed by atoms with Crippen molar-refractivity contribution in [1.82, 2.24) is 11.0 Å². The molecular weight excluding hydrogens is 609 g/mol. The molecule has 2 aliphatic carbocycles. The van der Waals surface area contributed by atoms with E-state index in [4.69, 9.17) is 10.4 Å². The Kier molecular flexibility index (Phi) is 15.2. The van der Waals surface area contributed by atoms with Crippen molar-refractivity contribution < 1.29 is 27.2 Å². The first-order valence-corrected chi connectivity index (χ1v) is 12.6. The Hall–Kier alpha value is -3.09. The number of benzene rings is 2. The van der Waals surface area contributed by atoms with Crippen LogP contribution >= 0.6 is 15.9 Å². The van der Waals surface area contributed by atoms with Gasteiger partial charge in [-0.1, -0.05) is 71.8 Å². The summed E-state index contributed by atoms with van der Waals surface area (Å²) in [4.78, 5) is 20.7. The molecule has 209 valence electrons. The van der Waals surface area contributed by atoms with Crippen molar-refractivity contribution in [2.45, 2.75) is 39.5 Å². The topological polar surface area (TPSA) is 137 Å². The molecule has 1 aliphatic heterocycles. The molecule has 2 atom stereocenters. The van der Waals surface area contributed by atoms with Gasteiger partial charge in [-0.3, -0.25) is 21.4 Å². The van der Waals surface area contributed by atoms with E-state index in [2.05, 4.69) is 80.1 Å². The number of fused-ring (bicyclic) bond motifs is 6. The summed E-state index contributed by atoms with van der Waals surface area (Å²) in [6.45, 7) is 6.97. The predicted molar refractivity (Wildman–Crippen MR) is 154 cm³/mol. The molecule has 0 bridgehead atoms. The molecule has 0 spiro atoms. The number of hydroxylamine groups is 2. The second-order valence-corrected chi connectivity index (χ2v) is 9.39. The van der Waals surface area contributed by atoms with Gasteiger partial charge in [0.2, 0.25) is 0 Å². The van der Waals surface area contributed by atoms with Crippen molar-refractivity contribution >= 4 is 15.9 Å². The molecular formula is C28H32BrCoN5O4. The first-order valence-electron chi connectivity index (χ1n) is 11.8. The molecule has 39 heavy (non-hydrogen) atoms. The third-order valence-electron chi connectivity index (χ3n) is 6.04. The van der Waals surface area contributed by atoms with E-state index in [0.717, 1.165) is 6.54 Å². The maximum Gasteiger partial charge on any atom is 2.00 e. The molecule has 0 aromatic heterocycles. The summed E-state index contributed by atoms with van der Waals surface area (Å²) in [6, 6.07) is 17.5. The summed E-state index contributed by atoms with van der Waals surface area (Å²) in [7, 11) is 0. The first kappa shape index (κ1) is 33.9. The van der Waals surface area contributed by atoms with Crippen LogP contribution in [0.5, 0.6) is 0 Å². The van der Waals surface area contributed by atoms with E-state index >= 15 is 0 Å². The van der Waals surface area contributed by atoms with E-state index in [1.54, 1.807) is 31.0 Å². The molecule has 2 aromatic rings. The molecule has 1 saturated carbocycles. The van der Waals surface area contributed by atoms with Crippen molar-refractivity contribution in [1.29, 1.82) is 0 Å². The SMILES string of the molecule is Br[C-]1C2c3ccccc3-c3ccccc3C12.C1=CC[N-]C=C1.CC(N=O)=C(C)NO.CC(N=O)=C(C)NO.[Co+2]. The number of nitroso groups, excluding NO2 is 2. The van der Waals surface area contributed by atoms with Crippen LogP contribution in [0, 0.1) is 14.6 Å². The van der Waals surface area contributed by atoms with Gasteiger partial charge < -0.3 is 21.2 Å². The van der Waals surface area contributed by atoms with Gasteiger partial charge in [0.1, 0.15) is 11.4 Å². The molecule has 0 saturated heterocycles. The normalized spacial score (nSPS) is 18.2. The maximum atomic E-state index is 9.65. The molecule has 4 N–H and O–H groups in total. The summed E-state index contributed by atoms with van der Waals surface area (Å²) < 4.78 is 0. The number of hydrogen-bond acceptors (Lipinski definition) is 8. The van der Waals surface area contributed by atoms with Crippen molar-refractivity contribution in [3.63, 3.8) is 0 Å². The Balaban J connectivity index is 0.000000285. The molecule has 1 heterocycles. The predicted octanol–water partition coefficient (Wildman–Crippen LogP) is 7.88. The van der Waals surface area contributed by atoms with Crippen molar-refractivity contribution in [2.75, 3.05) is 6.54 Å². The van der Waals surface area contributed by atoms with Crippen LogP contribution in [0.15, 0.2) is 106 Å². The molecule has 2 aromatic carbocycles. The summed E-state index contributed by atoms with van der Waals surface area (Å²) >= 11 is 3.73. The standard InChI is InChI=1S/C15H10Br.C5H6N.2C4H8N2O2.Co/c16-15-13-11-7-3-1-5-9(11)10-6-2-4-8-12(10)14(13)15;1-2-4-6-5-3-1;2*1-3(5-7)4(2)6-8;/h1-8,13-14H;1-4H,5H2;2*5,7H,1-2H3;/q2*-1;;;+2. The van der Waals surface area contributed by atoms with E-state index in [1.165, 1.54) is 40.9 Å². The summed E-state index contributed by atoms with van der Waals surface area (Å²) in [5.74, 6) is 1.23. The van der Waals surface area contributed by atoms with Gasteiger partial charge in [-0.15, -0.1) is 34.3 Å². The zero-order valence-electron chi connectivity index (χ0n) is 22.1. The van der Waals surface area contributed by atoms with Crippen LogP contribution in [0.1, 0.15) is 50.7 Å². The monoisotopic (exact) mass is 640 g/mol. The van der Waals surface area contributed by atoms with Crippen LogP contribution in [0.25, 0.3) is 16.4 Å². The Morgan fingerprint density at radius 3 is 1.54 bits per heavy atom. The molecule has 0 amide bonds. The van der Waals surface area contributed by atoms with Crippen LogP contribution in [0.2, 0.25) is 0 Å². The van der Waals surface area contributed by atoms with E-state index in [9.17, 15) is 9.81 Å². The van der Waals surface area contributed by atoms with Gasteiger partial charge in [-0.05, 0) is 49.2 Å². The van der Waals surface area contributed by atoms with Gasteiger partial charge in [0, 0.05) is 0 Å². The van der Waals surface area contributed by atoms with Gasteiger partial charge in [0.15, 0.2) is 0 Å². The average Bonchev–Trinajstić information content (AvgIpc) is 3.68. The Bertz CT molecular complexity index is 1140. The largest absolute Gasteiger partial charge is 2.00 e. The zero-order chi connectivity index (χ0) is 28.1. The van der Waals surface area contributed by atoms with Gasteiger partial charge >= 0.3 is 16.8 Å². The van der Waals surface area contributed by atoms with Gasteiger partial charge in [-0.25, -0.2) is 4.83 Å². The fraction of sp³-hybridized carbons (Fsp3) is 0.250. The molecule has 1 fully saturated rings. The van der Waals surface area contributed by atoms with Crippen molar-refractivity contribution in [2.24, 2.45) is 10.4 Å². The third-order valence-corrected chi connectivity index (χ3v) is 7.03. The molecule has 9 nitrogen and oxygen atoms in total. The second-order valence-electron chi connectivity index (χ2n) is 8.48. The second kappa shape index (κ2) is 17.5. The van der Waals surface area contributed by atoms with Crippen LogP contribution < -0.4 is 11.0 Å². The van der Waals surface area contributed by atoms with E-state index in [1.807, 2.05) is 18.2 Å². The molecule has 11 heteroatoms.